The molecule has 0 aromatic heterocycles. The fraction of sp³-hybridized carbons (Fsp3) is 0.706. The normalized spacial score (nSPS) is 20.6. The predicted molar refractivity (Wildman–Crippen MR) is 104 cm³/mol. The molecule has 0 aromatic rings. The van der Waals surface area contributed by atoms with Crippen molar-refractivity contribution in [2.75, 3.05) is 44.9 Å². The minimum Gasteiger partial charge on any atom is -0.466 e. The van der Waals surface area contributed by atoms with Crippen molar-refractivity contribution in [2.45, 2.75) is 26.2 Å². The molecule has 0 spiro atoms. The molecular formula is C17H26N2O7S2. The lowest BCUT2D eigenvalue weighted by molar-refractivity contribution is -0.150. The molecule has 0 bridgehead atoms. The molecule has 0 saturated carbocycles. The van der Waals surface area contributed by atoms with Crippen molar-refractivity contribution in [3.05, 3.63) is 11.1 Å². The number of piperidine rings is 1. The van der Waals surface area contributed by atoms with Gasteiger partial charge in [0.15, 0.2) is 0 Å². The van der Waals surface area contributed by atoms with Crippen LogP contribution in [0.4, 0.5) is 0 Å². The lowest BCUT2D eigenvalue weighted by Gasteiger charge is -2.29. The summed E-state index contributed by atoms with van der Waals surface area (Å²) < 4.78 is 35.0. The topological polar surface area (TPSA) is 110 Å². The van der Waals surface area contributed by atoms with Crippen LogP contribution in [0.3, 0.4) is 0 Å². The second kappa shape index (κ2) is 10.3. The quantitative estimate of drug-likeness (QED) is 0.310. The molecule has 2 fully saturated rings. The van der Waals surface area contributed by atoms with Crippen LogP contribution in [0.2, 0.25) is 0 Å². The number of rotatable bonds is 8. The van der Waals surface area contributed by atoms with Crippen LogP contribution < -0.4 is 0 Å². The number of thioether (sulfide) groups is 1. The van der Waals surface area contributed by atoms with E-state index in [9.17, 15) is 22.8 Å². The molecule has 11 heteroatoms. The molecular weight excluding hydrogens is 408 g/mol. The molecule has 0 atom stereocenters. The Hall–Kier alpha value is -1.59. The van der Waals surface area contributed by atoms with Gasteiger partial charge in [0.2, 0.25) is 15.9 Å². The van der Waals surface area contributed by atoms with E-state index in [1.165, 1.54) is 34.2 Å². The fourth-order valence-corrected chi connectivity index (χ4v) is 5.08. The van der Waals surface area contributed by atoms with Crippen molar-refractivity contribution in [1.82, 2.24) is 9.21 Å². The number of methoxy groups -OCH3 is 1. The smallest absolute Gasteiger partial charge is 0.333 e. The van der Waals surface area contributed by atoms with Crippen LogP contribution in [0.25, 0.3) is 0 Å². The van der Waals surface area contributed by atoms with Crippen LogP contribution in [0.5, 0.6) is 0 Å². The van der Waals surface area contributed by atoms with Crippen molar-refractivity contribution >= 4 is 39.6 Å². The van der Waals surface area contributed by atoms with Gasteiger partial charge >= 0.3 is 11.9 Å². The van der Waals surface area contributed by atoms with E-state index in [1.807, 2.05) is 0 Å². The first-order valence-electron chi connectivity index (χ1n) is 9.15. The van der Waals surface area contributed by atoms with Gasteiger partial charge in [-0.25, -0.2) is 17.5 Å². The lowest BCUT2D eigenvalue weighted by atomic mass is 9.98. The van der Waals surface area contributed by atoms with E-state index in [-0.39, 0.29) is 35.9 Å². The second-order valence-corrected chi connectivity index (χ2v) is 9.69. The molecule has 158 valence electrons. The van der Waals surface area contributed by atoms with Crippen LogP contribution in [0, 0.1) is 5.92 Å². The Morgan fingerprint density at radius 2 is 1.96 bits per heavy atom. The van der Waals surface area contributed by atoms with Crippen LogP contribution in [-0.2, 0) is 33.9 Å². The molecule has 0 radical (unpaired) electrons. The molecule has 2 saturated heterocycles. The molecule has 9 nitrogen and oxygen atoms in total. The van der Waals surface area contributed by atoms with Gasteiger partial charge in [-0.2, -0.15) is 0 Å². The van der Waals surface area contributed by atoms with Crippen molar-refractivity contribution < 1.29 is 32.3 Å². The van der Waals surface area contributed by atoms with Gasteiger partial charge in [0.1, 0.15) is 0 Å². The third-order valence-electron chi connectivity index (χ3n) is 4.67. The van der Waals surface area contributed by atoms with E-state index in [0.29, 0.717) is 43.9 Å². The van der Waals surface area contributed by atoms with Crippen molar-refractivity contribution in [1.29, 1.82) is 0 Å². The van der Waals surface area contributed by atoms with Crippen molar-refractivity contribution in [3.8, 4) is 0 Å². The molecule has 1 amide bonds. The Morgan fingerprint density at radius 1 is 1.29 bits per heavy atom. The van der Waals surface area contributed by atoms with Crippen LogP contribution >= 0.6 is 11.8 Å². The Labute approximate surface area is 169 Å². The van der Waals surface area contributed by atoms with Gasteiger partial charge < -0.3 is 14.4 Å². The highest BCUT2D eigenvalue weighted by Gasteiger charge is 2.31. The summed E-state index contributed by atoms with van der Waals surface area (Å²) in [7, 11) is -1.95. The first-order chi connectivity index (χ1) is 13.3. The summed E-state index contributed by atoms with van der Waals surface area (Å²) in [4.78, 5) is 37.0. The zero-order valence-electron chi connectivity index (χ0n) is 16.1. The van der Waals surface area contributed by atoms with Gasteiger partial charge in [-0.05, 0) is 26.2 Å². The lowest BCUT2D eigenvalue weighted by Crippen LogP contribution is -2.41. The molecule has 2 aliphatic rings. The number of amides is 1. The van der Waals surface area contributed by atoms with Gasteiger partial charge in [0.05, 0.1) is 42.2 Å². The predicted octanol–water partition coefficient (Wildman–Crippen LogP) is 0.571. The number of carbonyl (C=O) groups is 3. The summed E-state index contributed by atoms with van der Waals surface area (Å²) in [5.74, 6) is -0.937. The monoisotopic (exact) mass is 434 g/mol. The van der Waals surface area contributed by atoms with Gasteiger partial charge in [0, 0.05) is 19.6 Å². The molecule has 0 N–H and O–H groups in total. The Morgan fingerprint density at radius 3 is 2.57 bits per heavy atom. The van der Waals surface area contributed by atoms with Crippen LogP contribution in [0.15, 0.2) is 11.1 Å². The highest BCUT2D eigenvalue weighted by atomic mass is 32.2. The number of nitrogens with zero attached hydrogens (tertiary/aromatic N) is 2. The molecule has 2 heterocycles. The van der Waals surface area contributed by atoms with Gasteiger partial charge in [-0.3, -0.25) is 9.59 Å². The Balaban J connectivity index is 1.73. The minimum absolute atomic E-state index is 0.0576. The third kappa shape index (κ3) is 5.95. The first-order valence-corrected chi connectivity index (χ1v) is 11.7. The van der Waals surface area contributed by atoms with Crippen molar-refractivity contribution in [3.63, 3.8) is 0 Å². The maximum absolute atomic E-state index is 12.2. The summed E-state index contributed by atoms with van der Waals surface area (Å²) in [5.41, 5.74) is 0. The zero-order chi connectivity index (χ0) is 20.7. The number of carbonyl (C=O) groups excluding carboxylic acids is 3. The fourth-order valence-electron chi connectivity index (χ4n) is 2.99. The van der Waals surface area contributed by atoms with Crippen LogP contribution in [-0.4, -0.2) is 80.3 Å². The van der Waals surface area contributed by atoms with Crippen molar-refractivity contribution in [2.24, 2.45) is 5.92 Å². The SMILES string of the molecule is CCS(=O)(=O)N1CCC(C(=O)OCCCN2C(=O)CS/C2=C\C(=O)OC)CC1. The summed E-state index contributed by atoms with van der Waals surface area (Å²) >= 11 is 1.27. The highest BCUT2D eigenvalue weighted by Crippen LogP contribution is 2.29. The van der Waals surface area contributed by atoms with Crippen LogP contribution in [0.1, 0.15) is 26.2 Å². The third-order valence-corrected chi connectivity index (χ3v) is 7.58. The van der Waals surface area contributed by atoms with Gasteiger partial charge in [-0.1, -0.05) is 11.8 Å². The summed E-state index contributed by atoms with van der Waals surface area (Å²) in [6, 6.07) is 0. The largest absolute Gasteiger partial charge is 0.466 e. The molecule has 0 aliphatic carbocycles. The standard InChI is InChI=1S/C17H26N2O7S2/c1-3-28(23,24)18-8-5-13(6-9-18)17(22)26-10-4-7-19-14(20)12-27-15(19)11-16(21)25-2/h11,13H,3-10,12H2,1-2H3/b15-11-. The van der Waals surface area contributed by atoms with Gasteiger partial charge in [0.25, 0.3) is 0 Å². The van der Waals surface area contributed by atoms with E-state index >= 15 is 0 Å². The van der Waals surface area contributed by atoms with E-state index < -0.39 is 16.0 Å². The average molecular weight is 435 g/mol. The molecule has 0 aromatic carbocycles. The number of esters is 2. The second-order valence-electron chi connectivity index (χ2n) is 6.43. The van der Waals surface area contributed by atoms with E-state index in [1.54, 1.807) is 6.92 Å². The summed E-state index contributed by atoms with van der Waals surface area (Å²) in [6.45, 7) is 2.76. The van der Waals surface area contributed by atoms with E-state index in [2.05, 4.69) is 4.74 Å². The maximum atomic E-state index is 12.2. The Kier molecular flexibility index (Phi) is 8.32. The minimum atomic E-state index is -3.22. The van der Waals surface area contributed by atoms with E-state index in [0.717, 1.165) is 0 Å². The average Bonchev–Trinajstić information content (AvgIpc) is 3.04. The summed E-state index contributed by atoms with van der Waals surface area (Å²) in [5, 5.41) is 0.535. The van der Waals surface area contributed by atoms with E-state index in [4.69, 9.17) is 4.74 Å². The number of hydrogen-bond acceptors (Lipinski definition) is 8. The highest BCUT2D eigenvalue weighted by molar-refractivity contribution is 8.04. The molecule has 28 heavy (non-hydrogen) atoms. The number of ether oxygens (including phenoxy) is 2. The summed E-state index contributed by atoms with van der Waals surface area (Å²) in [6.07, 6.45) is 2.62. The molecule has 0 unspecified atom stereocenters. The first kappa shape index (κ1) is 22.7. The number of hydrogen-bond donors (Lipinski definition) is 0. The molecule has 2 aliphatic heterocycles. The maximum Gasteiger partial charge on any atom is 0.333 e. The Bertz CT molecular complexity index is 728. The molecule has 2 rings (SSSR count). The van der Waals surface area contributed by atoms with Gasteiger partial charge in [-0.15, -0.1) is 0 Å². The zero-order valence-corrected chi connectivity index (χ0v) is 17.7. The number of sulfonamides is 1.